The highest BCUT2D eigenvalue weighted by Crippen LogP contribution is 2.38. The molecule has 0 aliphatic carbocycles. The summed E-state index contributed by atoms with van der Waals surface area (Å²) in [7, 11) is 0. The Morgan fingerprint density at radius 2 is 1.92 bits per heavy atom. The van der Waals surface area contributed by atoms with Crippen LogP contribution in [-0.2, 0) is 14.2 Å². The van der Waals surface area contributed by atoms with Crippen molar-refractivity contribution in [1.82, 2.24) is 0 Å². The summed E-state index contributed by atoms with van der Waals surface area (Å²) >= 11 is 0. The standard InChI is InChI=1S/C10H18O3/c1-6(2)7-5-8-9(11-7)13-10(3,4)12-8/h6-9H,5H2,1-4H3/t7-,8+,9+/m0/s1. The molecule has 0 radical (unpaired) electrons. The second kappa shape index (κ2) is 2.94. The Balaban J connectivity index is 1.97. The zero-order chi connectivity index (χ0) is 9.64. The summed E-state index contributed by atoms with van der Waals surface area (Å²) in [5.41, 5.74) is 0. The van der Waals surface area contributed by atoms with E-state index in [4.69, 9.17) is 14.2 Å². The van der Waals surface area contributed by atoms with Gasteiger partial charge < -0.3 is 14.2 Å². The monoisotopic (exact) mass is 186 g/mol. The van der Waals surface area contributed by atoms with Gasteiger partial charge in [-0.25, -0.2) is 0 Å². The molecule has 2 saturated heterocycles. The largest absolute Gasteiger partial charge is 0.346 e. The number of ether oxygens (including phenoxy) is 3. The van der Waals surface area contributed by atoms with E-state index in [2.05, 4.69) is 13.8 Å². The van der Waals surface area contributed by atoms with Crippen molar-refractivity contribution in [3.63, 3.8) is 0 Å². The molecule has 0 saturated carbocycles. The summed E-state index contributed by atoms with van der Waals surface area (Å²) in [6, 6.07) is 0. The van der Waals surface area contributed by atoms with Gasteiger partial charge in [-0.15, -0.1) is 0 Å². The fourth-order valence-corrected chi connectivity index (χ4v) is 1.96. The highest BCUT2D eigenvalue weighted by atomic mass is 16.8. The van der Waals surface area contributed by atoms with Crippen LogP contribution < -0.4 is 0 Å². The van der Waals surface area contributed by atoms with E-state index in [0.29, 0.717) is 12.0 Å². The van der Waals surface area contributed by atoms with Gasteiger partial charge in [-0.1, -0.05) is 13.8 Å². The van der Waals surface area contributed by atoms with E-state index < -0.39 is 5.79 Å². The van der Waals surface area contributed by atoms with Gasteiger partial charge in [0, 0.05) is 6.42 Å². The summed E-state index contributed by atoms with van der Waals surface area (Å²) in [5.74, 6) is 0.0815. The van der Waals surface area contributed by atoms with Gasteiger partial charge >= 0.3 is 0 Å². The number of fused-ring (bicyclic) bond motifs is 1. The molecule has 2 aliphatic heterocycles. The van der Waals surface area contributed by atoms with Crippen molar-refractivity contribution in [2.24, 2.45) is 5.92 Å². The Labute approximate surface area is 79.4 Å². The first kappa shape index (κ1) is 9.44. The third kappa shape index (κ3) is 1.73. The minimum atomic E-state index is -0.461. The van der Waals surface area contributed by atoms with Crippen molar-refractivity contribution in [2.45, 2.75) is 58.4 Å². The fourth-order valence-electron chi connectivity index (χ4n) is 1.96. The Hall–Kier alpha value is -0.120. The molecule has 76 valence electrons. The van der Waals surface area contributed by atoms with Crippen LogP contribution in [0.15, 0.2) is 0 Å². The Morgan fingerprint density at radius 3 is 2.46 bits per heavy atom. The van der Waals surface area contributed by atoms with E-state index in [0.717, 1.165) is 6.42 Å². The van der Waals surface area contributed by atoms with Gasteiger partial charge in [-0.2, -0.15) is 0 Å². The molecule has 13 heavy (non-hydrogen) atoms. The van der Waals surface area contributed by atoms with E-state index in [-0.39, 0.29) is 12.4 Å². The van der Waals surface area contributed by atoms with Gasteiger partial charge in [0.05, 0.1) is 6.10 Å². The summed E-state index contributed by atoms with van der Waals surface area (Å²) in [5, 5.41) is 0. The lowest BCUT2D eigenvalue weighted by molar-refractivity contribution is -0.208. The van der Waals surface area contributed by atoms with Crippen LogP contribution >= 0.6 is 0 Å². The average Bonchev–Trinajstić information content (AvgIpc) is 2.39. The molecule has 0 N–H and O–H groups in total. The molecule has 0 bridgehead atoms. The van der Waals surface area contributed by atoms with Crippen molar-refractivity contribution in [1.29, 1.82) is 0 Å². The first-order valence-corrected chi connectivity index (χ1v) is 4.99. The normalized spacial score (nSPS) is 42.7. The van der Waals surface area contributed by atoms with E-state index >= 15 is 0 Å². The Bertz CT molecular complexity index is 184. The van der Waals surface area contributed by atoms with E-state index in [1.807, 2.05) is 13.8 Å². The molecule has 3 heteroatoms. The lowest BCUT2D eigenvalue weighted by Crippen LogP contribution is -2.26. The van der Waals surface area contributed by atoms with Crippen LogP contribution in [0.25, 0.3) is 0 Å². The lowest BCUT2D eigenvalue weighted by Gasteiger charge is -2.21. The number of hydrogen-bond donors (Lipinski definition) is 0. The number of hydrogen-bond acceptors (Lipinski definition) is 3. The molecule has 2 aliphatic rings. The van der Waals surface area contributed by atoms with Gasteiger partial charge in [-0.3, -0.25) is 0 Å². The molecular weight excluding hydrogens is 168 g/mol. The molecule has 0 spiro atoms. The van der Waals surface area contributed by atoms with Crippen LogP contribution in [0.3, 0.4) is 0 Å². The highest BCUT2D eigenvalue weighted by molar-refractivity contribution is 4.86. The number of rotatable bonds is 1. The van der Waals surface area contributed by atoms with Crippen molar-refractivity contribution < 1.29 is 14.2 Å². The average molecular weight is 186 g/mol. The van der Waals surface area contributed by atoms with Crippen molar-refractivity contribution in [3.05, 3.63) is 0 Å². The molecule has 0 amide bonds. The first-order chi connectivity index (χ1) is 5.98. The minimum Gasteiger partial charge on any atom is -0.346 e. The molecule has 2 fully saturated rings. The first-order valence-electron chi connectivity index (χ1n) is 4.99. The smallest absolute Gasteiger partial charge is 0.187 e. The summed E-state index contributed by atoms with van der Waals surface area (Å²) in [4.78, 5) is 0. The molecule has 0 aromatic rings. The maximum atomic E-state index is 5.74. The second-order valence-corrected chi connectivity index (χ2v) is 4.70. The molecule has 2 heterocycles. The maximum absolute atomic E-state index is 5.74. The molecule has 0 unspecified atom stereocenters. The van der Waals surface area contributed by atoms with Crippen LogP contribution in [0.2, 0.25) is 0 Å². The molecular formula is C10H18O3. The van der Waals surface area contributed by atoms with Crippen LogP contribution in [0.5, 0.6) is 0 Å². The molecule has 3 atom stereocenters. The van der Waals surface area contributed by atoms with Crippen LogP contribution in [0, 0.1) is 5.92 Å². The molecule has 0 aromatic carbocycles. The maximum Gasteiger partial charge on any atom is 0.187 e. The molecule has 0 aromatic heterocycles. The SMILES string of the molecule is CC(C)[C@@H]1C[C@H]2OC(C)(C)O[C@H]2O1. The predicted molar refractivity (Wildman–Crippen MR) is 48.2 cm³/mol. The van der Waals surface area contributed by atoms with Gasteiger partial charge in [0.25, 0.3) is 0 Å². The van der Waals surface area contributed by atoms with Crippen molar-refractivity contribution in [2.75, 3.05) is 0 Å². The van der Waals surface area contributed by atoms with Gasteiger partial charge in [0.1, 0.15) is 6.10 Å². The fraction of sp³-hybridized carbons (Fsp3) is 1.00. The van der Waals surface area contributed by atoms with E-state index in [1.165, 1.54) is 0 Å². The minimum absolute atomic E-state index is 0.137. The van der Waals surface area contributed by atoms with Crippen molar-refractivity contribution in [3.8, 4) is 0 Å². The molecule has 2 rings (SSSR count). The van der Waals surface area contributed by atoms with Gasteiger partial charge in [-0.05, 0) is 19.8 Å². The van der Waals surface area contributed by atoms with Crippen LogP contribution in [0.1, 0.15) is 34.1 Å². The summed E-state index contributed by atoms with van der Waals surface area (Å²) < 4.78 is 17.0. The summed E-state index contributed by atoms with van der Waals surface area (Å²) in [6.45, 7) is 8.19. The zero-order valence-electron chi connectivity index (χ0n) is 8.74. The third-order valence-electron chi connectivity index (χ3n) is 2.66. The Morgan fingerprint density at radius 1 is 1.23 bits per heavy atom. The van der Waals surface area contributed by atoms with E-state index in [9.17, 15) is 0 Å². The van der Waals surface area contributed by atoms with E-state index in [1.54, 1.807) is 0 Å². The quantitative estimate of drug-likeness (QED) is 0.626. The van der Waals surface area contributed by atoms with Gasteiger partial charge in [0.2, 0.25) is 0 Å². The lowest BCUT2D eigenvalue weighted by atomic mass is 10.0. The van der Waals surface area contributed by atoms with Crippen molar-refractivity contribution >= 4 is 0 Å². The third-order valence-corrected chi connectivity index (χ3v) is 2.66. The zero-order valence-corrected chi connectivity index (χ0v) is 8.74. The topological polar surface area (TPSA) is 27.7 Å². The second-order valence-electron chi connectivity index (χ2n) is 4.70. The van der Waals surface area contributed by atoms with Crippen LogP contribution in [0.4, 0.5) is 0 Å². The predicted octanol–water partition coefficient (Wildman–Crippen LogP) is 1.91. The highest BCUT2D eigenvalue weighted by Gasteiger charge is 2.48. The summed E-state index contributed by atoms with van der Waals surface area (Å²) in [6.07, 6.45) is 1.27. The van der Waals surface area contributed by atoms with Gasteiger partial charge in [0.15, 0.2) is 12.1 Å². The molecule has 3 nitrogen and oxygen atoms in total. The van der Waals surface area contributed by atoms with Crippen LogP contribution in [-0.4, -0.2) is 24.3 Å². The Kier molecular flexibility index (Phi) is 2.13.